The lowest BCUT2D eigenvalue weighted by Crippen LogP contribution is -2.32. The Morgan fingerprint density at radius 1 is 1.55 bits per heavy atom. The third kappa shape index (κ3) is 6.25. The molecule has 1 rings (SSSR count). The molecular weight excluding hydrogens is 294 g/mol. The van der Waals surface area contributed by atoms with Gasteiger partial charge in [-0.1, -0.05) is 6.92 Å². The van der Waals surface area contributed by atoms with E-state index in [0.717, 1.165) is 28.9 Å². The summed E-state index contributed by atoms with van der Waals surface area (Å²) in [5.74, 6) is 1.02. The van der Waals surface area contributed by atoms with Crippen LogP contribution in [0.3, 0.4) is 0 Å². The zero-order chi connectivity index (χ0) is 15.0. The number of thiophene rings is 1. The molecule has 4 nitrogen and oxygen atoms in total. The first-order chi connectivity index (χ1) is 9.52. The fraction of sp³-hybridized carbons (Fsp3) is 0.429. The number of aliphatic carboxylic acids is 1. The summed E-state index contributed by atoms with van der Waals surface area (Å²) in [6.07, 6.45) is 3.50. The third-order valence-electron chi connectivity index (χ3n) is 2.55. The molecule has 0 saturated carbocycles. The number of hydrogen-bond donors (Lipinski definition) is 2. The first-order valence-electron chi connectivity index (χ1n) is 6.41. The summed E-state index contributed by atoms with van der Waals surface area (Å²) < 4.78 is 0. The normalized spacial score (nSPS) is 12.5. The highest BCUT2D eigenvalue weighted by Crippen LogP contribution is 2.16. The number of thioether (sulfide) groups is 1. The lowest BCUT2D eigenvalue weighted by atomic mass is 10.2. The summed E-state index contributed by atoms with van der Waals surface area (Å²) in [6.45, 7) is 4.11. The van der Waals surface area contributed by atoms with Crippen molar-refractivity contribution in [2.24, 2.45) is 0 Å². The zero-order valence-corrected chi connectivity index (χ0v) is 13.2. The number of carbonyl (C=O) groups is 2. The molecule has 6 heteroatoms. The minimum atomic E-state index is -0.994. The first kappa shape index (κ1) is 16.8. The number of carboxylic acid groups (broad SMARTS) is 1. The Labute approximate surface area is 127 Å². The Morgan fingerprint density at radius 3 is 2.95 bits per heavy atom. The second-order valence-electron chi connectivity index (χ2n) is 4.27. The highest BCUT2D eigenvalue weighted by Gasteiger charge is 2.11. The Morgan fingerprint density at radius 2 is 2.30 bits per heavy atom. The average Bonchev–Trinajstić information content (AvgIpc) is 2.85. The molecule has 0 bridgehead atoms. The van der Waals surface area contributed by atoms with Crippen molar-refractivity contribution in [3.63, 3.8) is 0 Å². The predicted octanol–water partition coefficient (Wildman–Crippen LogP) is 3.11. The number of hydrogen-bond acceptors (Lipinski definition) is 4. The molecule has 0 aromatic carbocycles. The van der Waals surface area contributed by atoms with Crippen LogP contribution in [0.4, 0.5) is 0 Å². The van der Waals surface area contributed by atoms with Crippen LogP contribution < -0.4 is 5.32 Å². The van der Waals surface area contributed by atoms with Gasteiger partial charge >= 0.3 is 5.97 Å². The molecule has 1 amide bonds. The van der Waals surface area contributed by atoms with Gasteiger partial charge in [-0.3, -0.25) is 4.79 Å². The third-order valence-corrected chi connectivity index (χ3v) is 4.38. The van der Waals surface area contributed by atoms with E-state index in [9.17, 15) is 9.59 Å². The van der Waals surface area contributed by atoms with Crippen LogP contribution in [0.25, 0.3) is 6.08 Å². The van der Waals surface area contributed by atoms with Crippen LogP contribution in [0.5, 0.6) is 0 Å². The molecule has 1 unspecified atom stereocenters. The Bertz CT molecular complexity index is 483. The SMILES string of the molecule is CCSCCC(C)NC(=O)c1csc(/C=C/C(=O)O)c1. The molecule has 2 N–H and O–H groups in total. The lowest BCUT2D eigenvalue weighted by Gasteiger charge is -2.12. The maximum atomic E-state index is 12.0. The van der Waals surface area contributed by atoms with E-state index in [1.807, 2.05) is 18.7 Å². The highest BCUT2D eigenvalue weighted by atomic mass is 32.2. The van der Waals surface area contributed by atoms with Crippen LogP contribution in [0, 0.1) is 0 Å². The van der Waals surface area contributed by atoms with Gasteiger partial charge in [0.15, 0.2) is 0 Å². The van der Waals surface area contributed by atoms with E-state index >= 15 is 0 Å². The average molecular weight is 313 g/mol. The van der Waals surface area contributed by atoms with E-state index in [2.05, 4.69) is 12.2 Å². The van der Waals surface area contributed by atoms with Gasteiger partial charge in [0.25, 0.3) is 5.91 Å². The summed E-state index contributed by atoms with van der Waals surface area (Å²) in [4.78, 5) is 23.2. The molecule has 0 aliphatic heterocycles. The fourth-order valence-corrected chi connectivity index (χ4v) is 3.09. The minimum absolute atomic E-state index is 0.106. The Kier molecular flexibility index (Phi) is 7.40. The minimum Gasteiger partial charge on any atom is -0.478 e. The van der Waals surface area contributed by atoms with Crippen molar-refractivity contribution in [1.82, 2.24) is 5.32 Å². The maximum absolute atomic E-state index is 12.0. The van der Waals surface area contributed by atoms with E-state index in [4.69, 9.17) is 5.11 Å². The topological polar surface area (TPSA) is 66.4 Å². The molecule has 0 saturated heterocycles. The first-order valence-corrected chi connectivity index (χ1v) is 8.44. The molecule has 0 spiro atoms. The van der Waals surface area contributed by atoms with Crippen molar-refractivity contribution in [3.05, 3.63) is 28.0 Å². The highest BCUT2D eigenvalue weighted by molar-refractivity contribution is 7.99. The monoisotopic (exact) mass is 313 g/mol. The van der Waals surface area contributed by atoms with Gasteiger partial charge < -0.3 is 10.4 Å². The van der Waals surface area contributed by atoms with Crippen molar-refractivity contribution in [2.45, 2.75) is 26.3 Å². The van der Waals surface area contributed by atoms with Crippen molar-refractivity contribution in [2.75, 3.05) is 11.5 Å². The molecule has 0 fully saturated rings. The lowest BCUT2D eigenvalue weighted by molar-refractivity contribution is -0.131. The molecule has 110 valence electrons. The molecule has 0 aliphatic carbocycles. The second-order valence-corrected chi connectivity index (χ2v) is 6.61. The summed E-state index contributed by atoms with van der Waals surface area (Å²) in [5.41, 5.74) is 0.579. The van der Waals surface area contributed by atoms with Crippen LogP contribution in [0.2, 0.25) is 0 Å². The quantitative estimate of drug-likeness (QED) is 0.572. The Balaban J connectivity index is 2.49. The molecular formula is C14H19NO3S2. The van der Waals surface area contributed by atoms with Gasteiger partial charge in [0.1, 0.15) is 0 Å². The van der Waals surface area contributed by atoms with Gasteiger partial charge in [-0.25, -0.2) is 4.79 Å². The number of carbonyl (C=O) groups excluding carboxylic acids is 1. The van der Waals surface area contributed by atoms with E-state index in [-0.39, 0.29) is 11.9 Å². The molecule has 1 aromatic heterocycles. The Hall–Kier alpha value is -1.27. The van der Waals surface area contributed by atoms with Crippen LogP contribution in [0.1, 0.15) is 35.5 Å². The fourth-order valence-electron chi connectivity index (χ4n) is 1.50. The van der Waals surface area contributed by atoms with Crippen LogP contribution >= 0.6 is 23.1 Å². The van der Waals surface area contributed by atoms with Crippen molar-refractivity contribution < 1.29 is 14.7 Å². The van der Waals surface area contributed by atoms with Gasteiger partial charge in [-0.15, -0.1) is 11.3 Å². The standard InChI is InChI=1S/C14H19NO3S2/c1-3-19-7-6-10(2)15-14(18)11-8-12(20-9-11)4-5-13(16)17/h4-5,8-10H,3,6-7H2,1-2H3,(H,15,18)(H,16,17)/b5-4+. The smallest absolute Gasteiger partial charge is 0.328 e. The van der Waals surface area contributed by atoms with Gasteiger partial charge in [-0.2, -0.15) is 11.8 Å². The number of nitrogens with one attached hydrogen (secondary N) is 1. The van der Waals surface area contributed by atoms with E-state index in [1.165, 1.54) is 17.4 Å². The number of rotatable bonds is 8. The largest absolute Gasteiger partial charge is 0.478 e. The van der Waals surface area contributed by atoms with Crippen molar-refractivity contribution >= 4 is 41.1 Å². The van der Waals surface area contributed by atoms with Gasteiger partial charge in [-0.05, 0) is 37.0 Å². The van der Waals surface area contributed by atoms with Gasteiger partial charge in [0, 0.05) is 22.4 Å². The molecule has 1 atom stereocenters. The zero-order valence-electron chi connectivity index (χ0n) is 11.6. The summed E-state index contributed by atoms with van der Waals surface area (Å²) in [7, 11) is 0. The van der Waals surface area contributed by atoms with Crippen LogP contribution in [-0.2, 0) is 4.79 Å². The van der Waals surface area contributed by atoms with E-state index in [1.54, 1.807) is 11.4 Å². The van der Waals surface area contributed by atoms with E-state index < -0.39 is 5.97 Å². The summed E-state index contributed by atoms with van der Waals surface area (Å²) in [5, 5.41) is 13.2. The summed E-state index contributed by atoms with van der Waals surface area (Å²) >= 11 is 3.21. The number of amides is 1. The summed E-state index contributed by atoms with van der Waals surface area (Å²) in [6, 6.07) is 1.84. The molecule has 20 heavy (non-hydrogen) atoms. The van der Waals surface area contributed by atoms with Gasteiger partial charge in [0.05, 0.1) is 5.56 Å². The molecule has 0 aliphatic rings. The van der Waals surface area contributed by atoms with Gasteiger partial charge in [0.2, 0.25) is 0 Å². The molecule has 1 aromatic rings. The predicted molar refractivity (Wildman–Crippen MR) is 85.5 cm³/mol. The van der Waals surface area contributed by atoms with Crippen molar-refractivity contribution in [3.8, 4) is 0 Å². The molecule has 0 radical (unpaired) electrons. The van der Waals surface area contributed by atoms with Crippen molar-refractivity contribution in [1.29, 1.82) is 0 Å². The van der Waals surface area contributed by atoms with Crippen LogP contribution in [0.15, 0.2) is 17.5 Å². The van der Waals surface area contributed by atoms with Crippen LogP contribution in [-0.4, -0.2) is 34.5 Å². The maximum Gasteiger partial charge on any atom is 0.328 e. The van der Waals surface area contributed by atoms with E-state index in [0.29, 0.717) is 5.56 Å². The molecule has 1 heterocycles. The number of carboxylic acids is 1. The second kappa shape index (κ2) is 8.81.